The van der Waals surface area contributed by atoms with Gasteiger partial charge in [0.15, 0.2) is 0 Å². The molecule has 0 fully saturated rings. The zero-order chi connectivity index (χ0) is 13.1. The third kappa shape index (κ3) is 2.47. The molecule has 0 amide bonds. The van der Waals surface area contributed by atoms with Gasteiger partial charge < -0.3 is 5.32 Å². The predicted octanol–water partition coefficient (Wildman–Crippen LogP) is 3.25. The average molecular weight is 261 g/mol. The van der Waals surface area contributed by atoms with Gasteiger partial charge in [0.2, 0.25) is 0 Å². The van der Waals surface area contributed by atoms with Crippen molar-refractivity contribution >= 4 is 23.0 Å². The van der Waals surface area contributed by atoms with Crippen molar-refractivity contribution in [1.82, 2.24) is 9.78 Å². The van der Waals surface area contributed by atoms with E-state index in [0.29, 0.717) is 10.6 Å². The number of anilines is 2. The van der Waals surface area contributed by atoms with E-state index in [1.54, 1.807) is 16.8 Å². The molecule has 0 aliphatic carbocycles. The van der Waals surface area contributed by atoms with Gasteiger partial charge in [0.1, 0.15) is 6.07 Å². The van der Waals surface area contributed by atoms with E-state index < -0.39 is 0 Å². The smallest absolute Gasteiger partial charge is 0.101 e. The Balaban J connectivity index is 2.29. The van der Waals surface area contributed by atoms with E-state index in [1.807, 2.05) is 25.4 Å². The Labute approximate surface area is 111 Å². The number of nitrogens with zero attached hydrogens (tertiary/aromatic N) is 3. The first-order valence-electron chi connectivity index (χ1n) is 5.63. The topological polar surface area (TPSA) is 53.6 Å². The molecule has 0 radical (unpaired) electrons. The Kier molecular flexibility index (Phi) is 3.54. The van der Waals surface area contributed by atoms with Gasteiger partial charge in [0.25, 0.3) is 0 Å². The molecular weight excluding hydrogens is 248 g/mol. The zero-order valence-corrected chi connectivity index (χ0v) is 11.0. The Hall–Kier alpha value is -1.99. The lowest BCUT2D eigenvalue weighted by Crippen LogP contribution is -1.93. The summed E-state index contributed by atoms with van der Waals surface area (Å²) in [6.07, 6.45) is 2.78. The number of rotatable bonds is 3. The Morgan fingerprint density at radius 3 is 2.89 bits per heavy atom. The molecule has 0 aliphatic heterocycles. The summed E-state index contributed by atoms with van der Waals surface area (Å²) < 4.78 is 1.77. The maximum Gasteiger partial charge on any atom is 0.101 e. The number of aromatic nitrogens is 2. The van der Waals surface area contributed by atoms with Crippen LogP contribution in [0.15, 0.2) is 24.4 Å². The summed E-state index contributed by atoms with van der Waals surface area (Å²) in [5.74, 6) is 0. The Morgan fingerprint density at radius 1 is 1.50 bits per heavy atom. The van der Waals surface area contributed by atoms with Crippen LogP contribution in [0.25, 0.3) is 0 Å². The number of aryl methyl sites for hydroxylation is 2. The molecule has 0 aliphatic rings. The van der Waals surface area contributed by atoms with Gasteiger partial charge in [0.05, 0.1) is 22.0 Å². The first kappa shape index (κ1) is 12.5. The molecule has 0 saturated heterocycles. The number of halogens is 1. The molecule has 1 N–H and O–H groups in total. The third-order valence-electron chi connectivity index (χ3n) is 2.61. The normalized spacial score (nSPS) is 10.1. The molecule has 1 aromatic heterocycles. The molecule has 92 valence electrons. The van der Waals surface area contributed by atoms with E-state index in [1.165, 1.54) is 0 Å². The summed E-state index contributed by atoms with van der Waals surface area (Å²) in [4.78, 5) is 0. The number of hydrogen-bond donors (Lipinski definition) is 1. The Bertz CT molecular complexity index is 610. The Morgan fingerprint density at radius 2 is 2.28 bits per heavy atom. The molecule has 0 bridgehead atoms. The lowest BCUT2D eigenvalue weighted by atomic mass is 10.2. The average Bonchev–Trinajstić information content (AvgIpc) is 2.70. The second kappa shape index (κ2) is 5.11. The summed E-state index contributed by atoms with van der Waals surface area (Å²) in [5.41, 5.74) is 3.28. The second-order valence-corrected chi connectivity index (χ2v) is 4.36. The molecule has 0 saturated carbocycles. The van der Waals surface area contributed by atoms with Crippen molar-refractivity contribution < 1.29 is 0 Å². The number of hydrogen-bond acceptors (Lipinski definition) is 3. The largest absolute Gasteiger partial charge is 0.353 e. The summed E-state index contributed by atoms with van der Waals surface area (Å²) in [6, 6.07) is 7.31. The van der Waals surface area contributed by atoms with Crippen LogP contribution >= 0.6 is 11.6 Å². The molecule has 2 aromatic rings. The highest BCUT2D eigenvalue weighted by molar-refractivity contribution is 6.32. The van der Waals surface area contributed by atoms with Crippen molar-refractivity contribution in [2.75, 3.05) is 5.32 Å². The lowest BCUT2D eigenvalue weighted by molar-refractivity contribution is 0.746. The van der Waals surface area contributed by atoms with Crippen molar-refractivity contribution in [1.29, 1.82) is 5.26 Å². The van der Waals surface area contributed by atoms with E-state index in [9.17, 15) is 0 Å². The quantitative estimate of drug-likeness (QED) is 0.922. The van der Waals surface area contributed by atoms with E-state index in [4.69, 9.17) is 16.9 Å². The fourth-order valence-corrected chi connectivity index (χ4v) is 1.96. The highest BCUT2D eigenvalue weighted by Gasteiger charge is 2.07. The van der Waals surface area contributed by atoms with Crippen LogP contribution in [0.1, 0.15) is 18.2 Å². The highest BCUT2D eigenvalue weighted by Crippen LogP contribution is 2.24. The number of benzene rings is 1. The van der Waals surface area contributed by atoms with Crippen LogP contribution < -0.4 is 5.32 Å². The highest BCUT2D eigenvalue weighted by atomic mass is 35.5. The minimum Gasteiger partial charge on any atom is -0.353 e. The van der Waals surface area contributed by atoms with Crippen LogP contribution in [0, 0.1) is 11.3 Å². The van der Waals surface area contributed by atoms with Gasteiger partial charge in [-0.25, -0.2) is 0 Å². The minimum atomic E-state index is 0.449. The number of nitriles is 1. The molecule has 2 rings (SSSR count). The first-order chi connectivity index (χ1) is 8.63. The molecule has 1 aromatic carbocycles. The predicted molar refractivity (Wildman–Crippen MR) is 72.0 cm³/mol. The van der Waals surface area contributed by atoms with Crippen LogP contribution in [-0.2, 0) is 13.5 Å². The monoisotopic (exact) mass is 260 g/mol. The van der Waals surface area contributed by atoms with Crippen LogP contribution in [-0.4, -0.2) is 9.78 Å². The third-order valence-corrected chi connectivity index (χ3v) is 2.92. The summed E-state index contributed by atoms with van der Waals surface area (Å²) in [5, 5.41) is 16.9. The fourth-order valence-electron chi connectivity index (χ4n) is 1.74. The maximum atomic E-state index is 8.82. The lowest BCUT2D eigenvalue weighted by Gasteiger charge is -2.06. The van der Waals surface area contributed by atoms with Crippen LogP contribution in [0.3, 0.4) is 0 Å². The van der Waals surface area contributed by atoms with E-state index >= 15 is 0 Å². The van der Waals surface area contributed by atoms with Crippen molar-refractivity contribution in [2.24, 2.45) is 7.05 Å². The second-order valence-electron chi connectivity index (χ2n) is 3.95. The van der Waals surface area contributed by atoms with Gasteiger partial charge in [-0.05, 0) is 24.6 Å². The molecule has 0 unspecified atom stereocenters. The van der Waals surface area contributed by atoms with E-state index in [0.717, 1.165) is 23.5 Å². The fraction of sp³-hybridized carbons (Fsp3) is 0.231. The maximum absolute atomic E-state index is 8.82. The van der Waals surface area contributed by atoms with Crippen LogP contribution in [0.5, 0.6) is 0 Å². The molecule has 5 heteroatoms. The van der Waals surface area contributed by atoms with Gasteiger partial charge in [0, 0.05) is 18.9 Å². The summed E-state index contributed by atoms with van der Waals surface area (Å²) >= 11 is 5.99. The van der Waals surface area contributed by atoms with Crippen molar-refractivity contribution in [3.63, 3.8) is 0 Å². The van der Waals surface area contributed by atoms with Crippen molar-refractivity contribution in [3.05, 3.63) is 40.7 Å². The van der Waals surface area contributed by atoms with Gasteiger partial charge in [-0.1, -0.05) is 18.5 Å². The first-order valence-corrected chi connectivity index (χ1v) is 6.01. The van der Waals surface area contributed by atoms with Gasteiger partial charge in [-0.15, -0.1) is 0 Å². The standard InChI is InChI=1S/C13H13ClN4/c1-3-12-13(8-18(2)17-12)16-10-5-4-9(7-15)11(14)6-10/h4-6,8,16H,3H2,1-2H3. The minimum absolute atomic E-state index is 0.449. The molecule has 1 heterocycles. The van der Waals surface area contributed by atoms with Gasteiger partial charge >= 0.3 is 0 Å². The molecule has 4 nitrogen and oxygen atoms in total. The summed E-state index contributed by atoms with van der Waals surface area (Å²) in [7, 11) is 1.89. The van der Waals surface area contributed by atoms with Crippen LogP contribution in [0.2, 0.25) is 5.02 Å². The van der Waals surface area contributed by atoms with Crippen LogP contribution in [0.4, 0.5) is 11.4 Å². The summed E-state index contributed by atoms with van der Waals surface area (Å²) in [6.45, 7) is 2.05. The van der Waals surface area contributed by atoms with Gasteiger partial charge in [-0.2, -0.15) is 10.4 Å². The molecule has 0 atom stereocenters. The molecule has 0 spiro atoms. The van der Waals surface area contributed by atoms with Crippen molar-refractivity contribution in [3.8, 4) is 6.07 Å². The van der Waals surface area contributed by atoms with E-state index in [-0.39, 0.29) is 0 Å². The zero-order valence-electron chi connectivity index (χ0n) is 10.2. The van der Waals surface area contributed by atoms with E-state index in [2.05, 4.69) is 17.3 Å². The molecule has 18 heavy (non-hydrogen) atoms. The van der Waals surface area contributed by atoms with Crippen molar-refractivity contribution in [2.45, 2.75) is 13.3 Å². The van der Waals surface area contributed by atoms with Gasteiger partial charge in [-0.3, -0.25) is 4.68 Å². The SMILES string of the molecule is CCc1nn(C)cc1Nc1ccc(C#N)c(Cl)c1. The number of nitrogens with one attached hydrogen (secondary N) is 1. The molecular formula is C13H13ClN4.